The van der Waals surface area contributed by atoms with Crippen molar-refractivity contribution < 1.29 is 14.7 Å². The van der Waals surface area contributed by atoms with E-state index in [2.05, 4.69) is 5.32 Å². The van der Waals surface area contributed by atoms with Gasteiger partial charge >= 0.3 is 5.97 Å². The topological polar surface area (TPSA) is 69.6 Å². The average Bonchev–Trinajstić information content (AvgIpc) is 2.44. The molecule has 0 radical (unpaired) electrons. The molecule has 0 unspecified atom stereocenters. The monoisotopic (exact) mass is 290 g/mol. The van der Waals surface area contributed by atoms with Crippen LogP contribution in [0.15, 0.2) is 24.3 Å². The van der Waals surface area contributed by atoms with Crippen LogP contribution < -0.4 is 5.32 Å². The lowest BCUT2D eigenvalue weighted by atomic mass is 9.91. The minimum absolute atomic E-state index is 0.175. The average molecular weight is 290 g/mol. The van der Waals surface area contributed by atoms with Crippen molar-refractivity contribution in [3.63, 3.8) is 0 Å². The summed E-state index contributed by atoms with van der Waals surface area (Å²) < 4.78 is 0. The Kier molecular flexibility index (Phi) is 4.32. The Morgan fingerprint density at radius 2 is 1.95 bits per heavy atom. The van der Waals surface area contributed by atoms with Crippen LogP contribution in [0.3, 0.4) is 0 Å². The van der Waals surface area contributed by atoms with Gasteiger partial charge in [-0.3, -0.25) is 4.79 Å². The van der Waals surface area contributed by atoms with Crippen LogP contribution >= 0.6 is 0 Å². The highest BCUT2D eigenvalue weighted by molar-refractivity contribution is 5.90. The number of hydrogen-bond donors (Lipinski definition) is 2. The summed E-state index contributed by atoms with van der Waals surface area (Å²) >= 11 is 0. The van der Waals surface area contributed by atoms with Gasteiger partial charge in [0.25, 0.3) is 0 Å². The zero-order valence-electron chi connectivity index (χ0n) is 12.7. The Hall–Kier alpha value is -1.88. The van der Waals surface area contributed by atoms with Gasteiger partial charge in [-0.25, -0.2) is 4.79 Å². The standard InChI is InChI=1S/C16H22N2O3/c1-4-17-16(2,3)15(21)18-10-12-8-6-5-7-11(12)9-13(18)14(19)20/h5-8,13,17H,4,9-10H2,1-3H3,(H,19,20)/t13-/m1/s1. The number of hydrogen-bond acceptors (Lipinski definition) is 3. The van der Waals surface area contributed by atoms with E-state index < -0.39 is 17.6 Å². The van der Waals surface area contributed by atoms with Gasteiger partial charge in [-0.2, -0.15) is 0 Å². The van der Waals surface area contributed by atoms with Gasteiger partial charge in [0.05, 0.1) is 5.54 Å². The first-order valence-electron chi connectivity index (χ1n) is 7.22. The molecule has 1 aliphatic heterocycles. The minimum Gasteiger partial charge on any atom is -0.480 e. The van der Waals surface area contributed by atoms with Crippen LogP contribution in [0.25, 0.3) is 0 Å². The van der Waals surface area contributed by atoms with Gasteiger partial charge < -0.3 is 15.3 Å². The molecular formula is C16H22N2O3. The van der Waals surface area contributed by atoms with Crippen molar-refractivity contribution in [2.24, 2.45) is 0 Å². The third-order valence-electron chi connectivity index (χ3n) is 3.95. The van der Waals surface area contributed by atoms with Crippen molar-refractivity contribution in [1.82, 2.24) is 10.2 Å². The van der Waals surface area contributed by atoms with Gasteiger partial charge in [0.15, 0.2) is 0 Å². The number of nitrogens with zero attached hydrogens (tertiary/aromatic N) is 1. The predicted molar refractivity (Wildman–Crippen MR) is 79.9 cm³/mol. The Morgan fingerprint density at radius 3 is 2.52 bits per heavy atom. The molecule has 1 amide bonds. The lowest BCUT2D eigenvalue weighted by Crippen LogP contribution is -2.59. The summed E-state index contributed by atoms with van der Waals surface area (Å²) in [6.45, 7) is 6.51. The highest BCUT2D eigenvalue weighted by Crippen LogP contribution is 2.25. The van der Waals surface area contributed by atoms with E-state index in [0.717, 1.165) is 11.1 Å². The summed E-state index contributed by atoms with van der Waals surface area (Å²) in [6.07, 6.45) is 0.361. The van der Waals surface area contributed by atoms with Crippen molar-refractivity contribution in [1.29, 1.82) is 0 Å². The zero-order chi connectivity index (χ0) is 15.6. The van der Waals surface area contributed by atoms with E-state index in [-0.39, 0.29) is 5.91 Å². The molecule has 114 valence electrons. The van der Waals surface area contributed by atoms with Crippen LogP contribution in [0.2, 0.25) is 0 Å². The van der Waals surface area contributed by atoms with Crippen molar-refractivity contribution in [3.8, 4) is 0 Å². The number of carboxylic acid groups (broad SMARTS) is 1. The number of rotatable bonds is 4. The van der Waals surface area contributed by atoms with Crippen LogP contribution in [0, 0.1) is 0 Å². The molecule has 1 aromatic carbocycles. The maximum Gasteiger partial charge on any atom is 0.326 e. The first-order chi connectivity index (χ1) is 9.86. The summed E-state index contributed by atoms with van der Waals surface area (Å²) in [5.41, 5.74) is 1.26. The van der Waals surface area contributed by atoms with Crippen LogP contribution in [-0.4, -0.2) is 40.0 Å². The van der Waals surface area contributed by atoms with Gasteiger partial charge in [0, 0.05) is 13.0 Å². The second-order valence-corrected chi connectivity index (χ2v) is 5.92. The summed E-state index contributed by atoms with van der Waals surface area (Å²) in [6, 6.07) is 6.90. The molecule has 1 heterocycles. The number of likely N-dealkylation sites (N-methyl/N-ethyl adjacent to an activating group) is 1. The maximum atomic E-state index is 12.7. The molecule has 2 rings (SSSR count). The summed E-state index contributed by atoms with van der Waals surface area (Å²) in [5.74, 6) is -1.13. The summed E-state index contributed by atoms with van der Waals surface area (Å²) in [5, 5.41) is 12.6. The number of fused-ring (bicyclic) bond motifs is 1. The van der Waals surface area contributed by atoms with Crippen molar-refractivity contribution >= 4 is 11.9 Å². The molecule has 0 aliphatic carbocycles. The highest BCUT2D eigenvalue weighted by Gasteiger charge is 2.40. The minimum atomic E-state index is -0.954. The van der Waals surface area contributed by atoms with Crippen LogP contribution in [0.5, 0.6) is 0 Å². The fourth-order valence-electron chi connectivity index (χ4n) is 2.83. The molecule has 5 heteroatoms. The molecule has 0 spiro atoms. The Morgan fingerprint density at radius 1 is 1.33 bits per heavy atom. The molecule has 0 saturated carbocycles. The number of carbonyl (C=O) groups is 2. The molecule has 1 atom stereocenters. The second kappa shape index (κ2) is 5.85. The Balaban J connectivity index is 2.33. The molecule has 2 N–H and O–H groups in total. The van der Waals surface area contributed by atoms with Gasteiger partial charge in [-0.15, -0.1) is 0 Å². The molecule has 21 heavy (non-hydrogen) atoms. The lowest BCUT2D eigenvalue weighted by Gasteiger charge is -2.39. The first kappa shape index (κ1) is 15.5. The third-order valence-corrected chi connectivity index (χ3v) is 3.95. The van der Waals surface area contributed by atoms with E-state index >= 15 is 0 Å². The largest absolute Gasteiger partial charge is 0.480 e. The van der Waals surface area contributed by atoms with Crippen LogP contribution in [-0.2, 0) is 22.6 Å². The van der Waals surface area contributed by atoms with Gasteiger partial charge in [-0.05, 0) is 31.5 Å². The lowest BCUT2D eigenvalue weighted by molar-refractivity contribution is -0.154. The first-order valence-corrected chi connectivity index (χ1v) is 7.22. The van der Waals surface area contributed by atoms with Gasteiger partial charge in [0.1, 0.15) is 6.04 Å². The molecule has 0 aromatic heterocycles. The van der Waals surface area contributed by atoms with Gasteiger partial charge in [0.2, 0.25) is 5.91 Å². The number of benzene rings is 1. The van der Waals surface area contributed by atoms with Crippen LogP contribution in [0.1, 0.15) is 31.9 Å². The number of amides is 1. The van der Waals surface area contributed by atoms with Crippen LogP contribution in [0.4, 0.5) is 0 Å². The van der Waals surface area contributed by atoms with E-state index in [0.29, 0.717) is 19.5 Å². The smallest absolute Gasteiger partial charge is 0.326 e. The molecule has 5 nitrogen and oxygen atoms in total. The van der Waals surface area contributed by atoms with E-state index in [1.807, 2.05) is 31.2 Å². The normalized spacial score (nSPS) is 18.2. The molecule has 0 fully saturated rings. The predicted octanol–water partition coefficient (Wildman–Crippen LogP) is 1.41. The summed E-state index contributed by atoms with van der Waals surface area (Å²) in [4.78, 5) is 25.8. The third kappa shape index (κ3) is 3.08. The molecule has 0 bridgehead atoms. The Bertz CT molecular complexity index is 554. The second-order valence-electron chi connectivity index (χ2n) is 5.92. The van der Waals surface area contributed by atoms with Crippen molar-refractivity contribution in [3.05, 3.63) is 35.4 Å². The van der Waals surface area contributed by atoms with Crippen molar-refractivity contribution in [2.45, 2.75) is 45.3 Å². The van der Waals surface area contributed by atoms with Gasteiger partial charge in [-0.1, -0.05) is 31.2 Å². The fraction of sp³-hybridized carbons (Fsp3) is 0.500. The molecule has 1 aliphatic rings. The molecule has 1 aromatic rings. The highest BCUT2D eigenvalue weighted by atomic mass is 16.4. The fourth-order valence-corrected chi connectivity index (χ4v) is 2.83. The number of carboxylic acids is 1. The number of carbonyl (C=O) groups excluding carboxylic acids is 1. The van der Waals surface area contributed by atoms with E-state index in [1.54, 1.807) is 13.8 Å². The Labute approximate surface area is 125 Å². The SMILES string of the molecule is CCNC(C)(C)C(=O)N1Cc2ccccc2C[C@@H]1C(=O)O. The van der Waals surface area contributed by atoms with E-state index in [4.69, 9.17) is 0 Å². The van der Waals surface area contributed by atoms with E-state index in [1.165, 1.54) is 4.90 Å². The van der Waals surface area contributed by atoms with E-state index in [9.17, 15) is 14.7 Å². The molecule has 0 saturated heterocycles. The number of nitrogens with one attached hydrogen (secondary N) is 1. The number of aliphatic carboxylic acids is 1. The quantitative estimate of drug-likeness (QED) is 0.880. The maximum absolute atomic E-state index is 12.7. The summed E-state index contributed by atoms with van der Waals surface area (Å²) in [7, 11) is 0. The van der Waals surface area contributed by atoms with Crippen molar-refractivity contribution in [2.75, 3.05) is 6.54 Å². The molecular weight excluding hydrogens is 268 g/mol. The zero-order valence-corrected chi connectivity index (χ0v) is 12.7.